The molecule has 2 aromatic heterocycles. The number of morpholine rings is 1. The summed E-state index contributed by atoms with van der Waals surface area (Å²) in [4.78, 5) is 45.2. The number of carbonyl (C=O) groups is 2. The molecule has 0 aromatic carbocycles. The predicted octanol–water partition coefficient (Wildman–Crippen LogP) is -0.619. The van der Waals surface area contributed by atoms with Crippen molar-refractivity contribution in [1.82, 2.24) is 29.7 Å². The lowest BCUT2D eigenvalue weighted by Gasteiger charge is -2.35. The van der Waals surface area contributed by atoms with Gasteiger partial charge in [0.05, 0.1) is 19.1 Å². The molecule has 156 valence electrons. The predicted molar refractivity (Wildman–Crippen MR) is 105 cm³/mol. The normalized spacial score (nSPS) is 24.4. The van der Waals surface area contributed by atoms with Crippen LogP contribution >= 0.6 is 0 Å². The highest BCUT2D eigenvalue weighted by Gasteiger charge is 2.38. The summed E-state index contributed by atoms with van der Waals surface area (Å²) in [6.07, 6.45) is 2.29. The molecule has 2 fully saturated rings. The van der Waals surface area contributed by atoms with Crippen LogP contribution in [0.5, 0.6) is 0 Å². The fraction of sp³-hybridized carbons (Fsp3) is 0.579. The maximum absolute atomic E-state index is 12.7. The van der Waals surface area contributed by atoms with Gasteiger partial charge in [-0.1, -0.05) is 0 Å². The second-order valence-electron chi connectivity index (χ2n) is 8.07. The van der Waals surface area contributed by atoms with E-state index in [4.69, 9.17) is 4.74 Å². The van der Waals surface area contributed by atoms with Crippen molar-refractivity contribution < 1.29 is 14.3 Å². The summed E-state index contributed by atoms with van der Waals surface area (Å²) < 4.78 is 7.13. The van der Waals surface area contributed by atoms with Gasteiger partial charge in [-0.2, -0.15) is 0 Å². The van der Waals surface area contributed by atoms with E-state index in [2.05, 4.69) is 20.3 Å². The number of rotatable bonds is 4. The Morgan fingerprint density at radius 1 is 1.38 bits per heavy atom. The molecule has 2 N–H and O–H groups in total. The summed E-state index contributed by atoms with van der Waals surface area (Å²) in [5.74, 6) is -0.380. The molecule has 3 atom stereocenters. The second kappa shape index (κ2) is 7.60. The molecule has 0 radical (unpaired) electrons. The Morgan fingerprint density at radius 3 is 2.93 bits per heavy atom. The molecule has 2 saturated heterocycles. The smallest absolute Gasteiger partial charge is 0.285 e. The number of hydrogen-bond donors (Lipinski definition) is 2. The summed E-state index contributed by atoms with van der Waals surface area (Å²) in [5.41, 5.74) is 0.876. The minimum Gasteiger partial charge on any atom is -0.375 e. The topological polar surface area (TPSA) is 112 Å². The monoisotopic (exact) mass is 402 g/mol. The average molecular weight is 402 g/mol. The highest BCUT2D eigenvalue weighted by Crippen LogP contribution is 2.24. The van der Waals surface area contributed by atoms with Crippen molar-refractivity contribution in [3.8, 4) is 0 Å². The third kappa shape index (κ3) is 3.90. The van der Waals surface area contributed by atoms with Crippen molar-refractivity contribution in [2.75, 3.05) is 33.8 Å². The minimum absolute atomic E-state index is 0.0138. The number of aromatic amines is 1. The van der Waals surface area contributed by atoms with Crippen molar-refractivity contribution in [3.05, 3.63) is 33.9 Å². The average Bonchev–Trinajstić information content (AvgIpc) is 3.23. The molecular weight excluding hydrogens is 376 g/mol. The SMILES string of the molecule is Cc1cc2ncc(C(=O)N[C@@H]3C[C@H]4CO[C@@H](CC(=O)N(C)C)CN4C3)c(=O)n2[nH]1. The summed E-state index contributed by atoms with van der Waals surface area (Å²) in [5, 5.41) is 5.85. The molecule has 10 heteroatoms. The van der Waals surface area contributed by atoms with Crippen LogP contribution in [0.1, 0.15) is 28.9 Å². The standard InChI is InChI=1S/C19H26N6O4/c1-11-4-16-20-7-15(19(28)25(16)22-11)18(27)21-12-5-13-10-29-14(9-24(13)8-12)6-17(26)23(2)3/h4,7,12-14,22H,5-6,8-10H2,1-3H3,(H,21,27)/t12-,13+,14+/m1/s1. The highest BCUT2D eigenvalue weighted by molar-refractivity contribution is 5.94. The zero-order chi connectivity index (χ0) is 20.7. The van der Waals surface area contributed by atoms with E-state index in [9.17, 15) is 14.4 Å². The van der Waals surface area contributed by atoms with E-state index in [1.165, 1.54) is 10.7 Å². The number of aryl methyl sites for hydroxylation is 1. The Labute approximate surface area is 167 Å². The number of fused-ring (bicyclic) bond motifs is 2. The number of nitrogens with zero attached hydrogens (tertiary/aromatic N) is 4. The number of aromatic nitrogens is 3. The van der Waals surface area contributed by atoms with Crippen LogP contribution in [0, 0.1) is 6.92 Å². The Hall–Kier alpha value is -2.72. The summed E-state index contributed by atoms with van der Waals surface area (Å²) in [6, 6.07) is 1.87. The van der Waals surface area contributed by atoms with Crippen LogP contribution < -0.4 is 10.9 Å². The van der Waals surface area contributed by atoms with Crippen molar-refractivity contribution in [2.24, 2.45) is 0 Å². The van der Waals surface area contributed by atoms with Gasteiger partial charge in [-0.15, -0.1) is 0 Å². The minimum atomic E-state index is -0.422. The molecule has 0 spiro atoms. The van der Waals surface area contributed by atoms with Gasteiger partial charge in [0, 0.05) is 57.2 Å². The van der Waals surface area contributed by atoms with Gasteiger partial charge in [0.2, 0.25) is 5.91 Å². The Kier molecular flexibility index (Phi) is 5.13. The van der Waals surface area contributed by atoms with Crippen molar-refractivity contribution in [1.29, 1.82) is 0 Å². The first kappa shape index (κ1) is 19.6. The van der Waals surface area contributed by atoms with Crippen LogP contribution in [0.4, 0.5) is 0 Å². The van der Waals surface area contributed by atoms with Crippen LogP contribution in [-0.4, -0.2) is 88.2 Å². The maximum atomic E-state index is 12.7. The lowest BCUT2D eigenvalue weighted by atomic mass is 10.1. The molecule has 10 nitrogen and oxygen atoms in total. The Balaban J connectivity index is 1.39. The van der Waals surface area contributed by atoms with Crippen LogP contribution in [0.2, 0.25) is 0 Å². The lowest BCUT2D eigenvalue weighted by molar-refractivity contribution is -0.134. The first-order valence-corrected chi connectivity index (χ1v) is 9.76. The zero-order valence-corrected chi connectivity index (χ0v) is 16.8. The van der Waals surface area contributed by atoms with Gasteiger partial charge in [-0.05, 0) is 13.3 Å². The quantitative estimate of drug-likeness (QED) is 0.705. The number of H-pyrrole nitrogens is 1. The van der Waals surface area contributed by atoms with Crippen LogP contribution in [0.15, 0.2) is 17.1 Å². The third-order valence-electron chi connectivity index (χ3n) is 5.59. The fourth-order valence-electron chi connectivity index (χ4n) is 4.05. The number of hydrogen-bond acceptors (Lipinski definition) is 6. The molecule has 4 rings (SSSR count). The Bertz CT molecular complexity index is 996. The number of nitrogens with one attached hydrogen (secondary N) is 2. The van der Waals surface area contributed by atoms with Crippen molar-refractivity contribution >= 4 is 17.5 Å². The summed E-state index contributed by atoms with van der Waals surface area (Å²) in [6.45, 7) is 3.69. The van der Waals surface area contributed by atoms with Gasteiger partial charge >= 0.3 is 0 Å². The highest BCUT2D eigenvalue weighted by atomic mass is 16.5. The number of amides is 2. The molecule has 0 unspecified atom stereocenters. The van der Waals surface area contributed by atoms with Crippen LogP contribution in [0.3, 0.4) is 0 Å². The van der Waals surface area contributed by atoms with Gasteiger partial charge in [-0.3, -0.25) is 24.4 Å². The van der Waals surface area contributed by atoms with Gasteiger partial charge in [-0.25, -0.2) is 9.50 Å². The molecule has 2 aromatic rings. The van der Waals surface area contributed by atoms with Gasteiger partial charge < -0.3 is 15.0 Å². The van der Waals surface area contributed by atoms with E-state index < -0.39 is 11.5 Å². The second-order valence-corrected chi connectivity index (χ2v) is 8.07. The van der Waals surface area contributed by atoms with Crippen molar-refractivity contribution in [3.63, 3.8) is 0 Å². The van der Waals surface area contributed by atoms with Gasteiger partial charge in [0.25, 0.3) is 11.5 Å². The molecular formula is C19H26N6O4. The third-order valence-corrected chi connectivity index (χ3v) is 5.59. The van der Waals surface area contributed by atoms with E-state index in [1.807, 2.05) is 6.92 Å². The molecule has 4 heterocycles. The molecule has 2 aliphatic rings. The largest absolute Gasteiger partial charge is 0.375 e. The van der Waals surface area contributed by atoms with E-state index >= 15 is 0 Å². The first-order valence-electron chi connectivity index (χ1n) is 9.76. The molecule has 29 heavy (non-hydrogen) atoms. The molecule has 0 aliphatic carbocycles. The van der Waals surface area contributed by atoms with Crippen LogP contribution in [0.25, 0.3) is 5.65 Å². The van der Waals surface area contributed by atoms with Crippen LogP contribution in [-0.2, 0) is 9.53 Å². The van der Waals surface area contributed by atoms with E-state index in [0.29, 0.717) is 31.8 Å². The van der Waals surface area contributed by atoms with Crippen molar-refractivity contribution in [2.45, 2.75) is 38.0 Å². The summed E-state index contributed by atoms with van der Waals surface area (Å²) in [7, 11) is 3.47. The molecule has 0 saturated carbocycles. The number of ether oxygens (including phenoxy) is 1. The Morgan fingerprint density at radius 2 is 2.17 bits per heavy atom. The summed E-state index contributed by atoms with van der Waals surface area (Å²) >= 11 is 0. The van der Waals surface area contributed by atoms with E-state index in [0.717, 1.165) is 12.1 Å². The zero-order valence-electron chi connectivity index (χ0n) is 16.8. The number of carbonyl (C=O) groups excluding carboxylic acids is 2. The first-order chi connectivity index (χ1) is 13.8. The van der Waals surface area contributed by atoms with E-state index in [1.54, 1.807) is 25.1 Å². The molecule has 2 aliphatic heterocycles. The molecule has 0 bridgehead atoms. The maximum Gasteiger partial charge on any atom is 0.285 e. The van der Waals surface area contributed by atoms with E-state index in [-0.39, 0.29) is 29.7 Å². The fourth-order valence-corrected chi connectivity index (χ4v) is 4.05. The van der Waals surface area contributed by atoms with Gasteiger partial charge in [0.15, 0.2) is 5.65 Å². The molecule has 2 amide bonds. The van der Waals surface area contributed by atoms with Gasteiger partial charge in [0.1, 0.15) is 5.56 Å². The lowest BCUT2D eigenvalue weighted by Crippen LogP contribution is -2.47.